The van der Waals surface area contributed by atoms with Crippen LogP contribution in [-0.2, 0) is 0 Å². The number of hydrogen-bond acceptors (Lipinski definition) is 1. The van der Waals surface area contributed by atoms with Crippen LogP contribution in [0.5, 0.6) is 0 Å². The highest BCUT2D eigenvalue weighted by molar-refractivity contribution is 6.31. The summed E-state index contributed by atoms with van der Waals surface area (Å²) in [5, 5.41) is 0.662. The summed E-state index contributed by atoms with van der Waals surface area (Å²) in [5.74, 6) is -0.442. The van der Waals surface area contributed by atoms with Crippen LogP contribution in [0.2, 0.25) is 10.0 Å². The summed E-state index contributed by atoms with van der Waals surface area (Å²) >= 11 is 11.5. The van der Waals surface area contributed by atoms with Crippen molar-refractivity contribution < 1.29 is 4.39 Å². The van der Waals surface area contributed by atoms with E-state index < -0.39 is 5.82 Å². The summed E-state index contributed by atoms with van der Waals surface area (Å²) in [7, 11) is 0. The predicted molar refractivity (Wildman–Crippen MR) is 59.7 cm³/mol. The number of aromatic nitrogens is 1. The van der Waals surface area contributed by atoms with E-state index in [4.69, 9.17) is 23.2 Å². The van der Waals surface area contributed by atoms with E-state index >= 15 is 0 Å². The third-order valence-electron chi connectivity index (χ3n) is 1.94. The Morgan fingerprint density at radius 1 is 1.07 bits per heavy atom. The highest BCUT2D eigenvalue weighted by atomic mass is 35.5. The molecular weight excluding hydrogens is 236 g/mol. The molecule has 1 aromatic carbocycles. The molecule has 0 saturated carbocycles. The molecule has 1 aromatic heterocycles. The molecule has 0 aliphatic heterocycles. The Morgan fingerprint density at radius 2 is 1.87 bits per heavy atom. The standard InChI is InChI=1S/C11H6Cl2FN/c12-8-3-4-15-11(6-8)7-1-2-10(14)9(13)5-7/h1-6H. The Bertz CT molecular complexity index is 500. The van der Waals surface area contributed by atoms with Gasteiger partial charge in [-0.15, -0.1) is 0 Å². The highest BCUT2D eigenvalue weighted by Gasteiger charge is 2.04. The minimum absolute atomic E-state index is 0.0780. The maximum atomic E-state index is 12.9. The summed E-state index contributed by atoms with van der Waals surface area (Å²) < 4.78 is 12.9. The molecule has 0 saturated heterocycles. The molecular formula is C11H6Cl2FN. The summed E-state index contributed by atoms with van der Waals surface area (Å²) in [6.07, 6.45) is 1.59. The van der Waals surface area contributed by atoms with Gasteiger partial charge in [-0.25, -0.2) is 4.39 Å². The molecule has 1 nitrogen and oxygen atoms in total. The number of hydrogen-bond donors (Lipinski definition) is 0. The molecule has 0 atom stereocenters. The van der Waals surface area contributed by atoms with E-state index in [-0.39, 0.29) is 5.02 Å². The van der Waals surface area contributed by atoms with Crippen molar-refractivity contribution in [3.05, 3.63) is 52.4 Å². The van der Waals surface area contributed by atoms with Crippen LogP contribution in [0, 0.1) is 5.82 Å². The lowest BCUT2D eigenvalue weighted by molar-refractivity contribution is 0.628. The van der Waals surface area contributed by atoms with Crippen molar-refractivity contribution in [3.63, 3.8) is 0 Å². The lowest BCUT2D eigenvalue weighted by atomic mass is 10.1. The summed E-state index contributed by atoms with van der Waals surface area (Å²) in [4.78, 5) is 4.12. The zero-order valence-electron chi connectivity index (χ0n) is 7.55. The van der Waals surface area contributed by atoms with Gasteiger partial charge in [0.1, 0.15) is 5.82 Å². The van der Waals surface area contributed by atoms with E-state index in [0.29, 0.717) is 10.7 Å². The first-order valence-corrected chi connectivity index (χ1v) is 4.99. The van der Waals surface area contributed by atoms with Crippen molar-refractivity contribution in [1.82, 2.24) is 4.98 Å². The minimum Gasteiger partial charge on any atom is -0.256 e. The van der Waals surface area contributed by atoms with Crippen LogP contribution in [0.1, 0.15) is 0 Å². The van der Waals surface area contributed by atoms with E-state index in [2.05, 4.69) is 4.98 Å². The SMILES string of the molecule is Fc1ccc(-c2cc(Cl)ccn2)cc1Cl. The Morgan fingerprint density at radius 3 is 2.53 bits per heavy atom. The Hall–Kier alpha value is -1.12. The van der Waals surface area contributed by atoms with Crippen molar-refractivity contribution >= 4 is 23.2 Å². The second-order valence-corrected chi connectivity index (χ2v) is 3.83. The van der Waals surface area contributed by atoms with Gasteiger partial charge in [-0.3, -0.25) is 4.98 Å². The first-order valence-electron chi connectivity index (χ1n) is 4.24. The predicted octanol–water partition coefficient (Wildman–Crippen LogP) is 4.19. The molecule has 15 heavy (non-hydrogen) atoms. The summed E-state index contributed by atoms with van der Waals surface area (Å²) in [6.45, 7) is 0. The fourth-order valence-corrected chi connectivity index (χ4v) is 1.56. The Kier molecular flexibility index (Phi) is 2.89. The molecule has 4 heteroatoms. The molecule has 2 rings (SSSR count). The number of rotatable bonds is 1. The van der Waals surface area contributed by atoms with Crippen molar-refractivity contribution in [3.8, 4) is 11.3 Å². The van der Waals surface area contributed by atoms with Gasteiger partial charge in [-0.05, 0) is 30.3 Å². The van der Waals surface area contributed by atoms with Gasteiger partial charge < -0.3 is 0 Å². The lowest BCUT2D eigenvalue weighted by Gasteiger charge is -2.02. The maximum absolute atomic E-state index is 12.9. The van der Waals surface area contributed by atoms with Gasteiger partial charge in [0.2, 0.25) is 0 Å². The molecule has 0 aliphatic carbocycles. The third-order valence-corrected chi connectivity index (χ3v) is 2.46. The molecule has 0 N–H and O–H groups in total. The molecule has 0 fully saturated rings. The topological polar surface area (TPSA) is 12.9 Å². The summed E-state index contributed by atoms with van der Waals surface area (Å²) in [6, 6.07) is 7.82. The van der Waals surface area contributed by atoms with Gasteiger partial charge in [-0.2, -0.15) is 0 Å². The second kappa shape index (κ2) is 4.17. The molecule has 0 amide bonds. The largest absolute Gasteiger partial charge is 0.256 e. The van der Waals surface area contributed by atoms with Gasteiger partial charge in [0.05, 0.1) is 10.7 Å². The Labute approximate surface area is 96.5 Å². The average Bonchev–Trinajstić information content (AvgIpc) is 2.22. The van der Waals surface area contributed by atoms with Gasteiger partial charge in [0.25, 0.3) is 0 Å². The maximum Gasteiger partial charge on any atom is 0.141 e. The fourth-order valence-electron chi connectivity index (χ4n) is 1.22. The molecule has 0 unspecified atom stereocenters. The van der Waals surface area contributed by atoms with Crippen LogP contribution >= 0.6 is 23.2 Å². The van der Waals surface area contributed by atoms with Crippen LogP contribution in [0.3, 0.4) is 0 Å². The zero-order chi connectivity index (χ0) is 10.8. The second-order valence-electron chi connectivity index (χ2n) is 2.99. The number of pyridine rings is 1. The highest BCUT2D eigenvalue weighted by Crippen LogP contribution is 2.24. The van der Waals surface area contributed by atoms with Crippen molar-refractivity contribution in [2.75, 3.05) is 0 Å². The van der Waals surface area contributed by atoms with Crippen LogP contribution in [0.15, 0.2) is 36.5 Å². The average molecular weight is 242 g/mol. The molecule has 0 bridgehead atoms. The minimum atomic E-state index is -0.442. The molecule has 0 radical (unpaired) electrons. The molecule has 0 spiro atoms. The van der Waals surface area contributed by atoms with Gasteiger partial charge in [0, 0.05) is 16.8 Å². The Balaban J connectivity index is 2.50. The zero-order valence-corrected chi connectivity index (χ0v) is 9.06. The lowest BCUT2D eigenvalue weighted by Crippen LogP contribution is -1.84. The van der Waals surface area contributed by atoms with Gasteiger partial charge in [0.15, 0.2) is 0 Å². The molecule has 2 aromatic rings. The van der Waals surface area contributed by atoms with Crippen LogP contribution in [0.4, 0.5) is 4.39 Å². The van der Waals surface area contributed by atoms with E-state index in [1.165, 1.54) is 12.1 Å². The number of nitrogens with zero attached hydrogens (tertiary/aromatic N) is 1. The quantitative estimate of drug-likeness (QED) is 0.730. The smallest absolute Gasteiger partial charge is 0.141 e. The van der Waals surface area contributed by atoms with Crippen molar-refractivity contribution in [1.29, 1.82) is 0 Å². The van der Waals surface area contributed by atoms with Crippen molar-refractivity contribution in [2.24, 2.45) is 0 Å². The van der Waals surface area contributed by atoms with E-state index in [0.717, 1.165) is 5.56 Å². The monoisotopic (exact) mass is 241 g/mol. The normalized spacial score (nSPS) is 10.3. The number of benzene rings is 1. The summed E-state index contributed by atoms with van der Waals surface area (Å²) in [5.41, 5.74) is 1.41. The first kappa shape index (κ1) is 10.4. The van der Waals surface area contributed by atoms with E-state index in [1.54, 1.807) is 24.4 Å². The van der Waals surface area contributed by atoms with Crippen molar-refractivity contribution in [2.45, 2.75) is 0 Å². The third kappa shape index (κ3) is 2.28. The number of halogens is 3. The van der Waals surface area contributed by atoms with Crippen LogP contribution in [-0.4, -0.2) is 4.98 Å². The van der Waals surface area contributed by atoms with Gasteiger partial charge >= 0.3 is 0 Å². The molecule has 1 heterocycles. The van der Waals surface area contributed by atoms with Gasteiger partial charge in [-0.1, -0.05) is 23.2 Å². The molecule has 0 aliphatic rings. The van der Waals surface area contributed by atoms with Crippen LogP contribution < -0.4 is 0 Å². The first-order chi connectivity index (χ1) is 7.16. The van der Waals surface area contributed by atoms with Crippen LogP contribution in [0.25, 0.3) is 11.3 Å². The fraction of sp³-hybridized carbons (Fsp3) is 0. The van der Waals surface area contributed by atoms with E-state index in [1.807, 2.05) is 0 Å². The molecule has 76 valence electrons. The van der Waals surface area contributed by atoms with E-state index in [9.17, 15) is 4.39 Å².